The van der Waals surface area contributed by atoms with Crippen molar-refractivity contribution in [2.24, 2.45) is 4.99 Å². The van der Waals surface area contributed by atoms with Crippen LogP contribution in [0.15, 0.2) is 35.3 Å². The van der Waals surface area contributed by atoms with Gasteiger partial charge in [0.25, 0.3) is 0 Å². The van der Waals surface area contributed by atoms with E-state index in [1.165, 1.54) is 0 Å². The molecule has 0 saturated heterocycles. The summed E-state index contributed by atoms with van der Waals surface area (Å²) in [5.74, 6) is 0. The highest BCUT2D eigenvalue weighted by Gasteiger charge is 1.76. The normalized spacial score (nSPS) is 7.40. The highest BCUT2D eigenvalue weighted by molar-refractivity contribution is 5.44. The number of hydrogen-bond acceptors (Lipinski definition) is 1. The van der Waals surface area contributed by atoms with Crippen LogP contribution in [0.25, 0.3) is 0 Å². The van der Waals surface area contributed by atoms with Gasteiger partial charge in [-0.05, 0) is 18.9 Å². The third-order valence-corrected chi connectivity index (χ3v) is 0.939. The molecule has 1 heteroatoms. The van der Waals surface area contributed by atoms with E-state index in [1.54, 1.807) is 0 Å². The Balaban J connectivity index is 0.000000371. The van der Waals surface area contributed by atoms with E-state index in [0.29, 0.717) is 0 Å². The molecule has 0 spiro atoms. The molecule has 0 fully saturated rings. The van der Waals surface area contributed by atoms with Crippen LogP contribution < -0.4 is 0 Å². The Labute approximate surface area is 62.4 Å². The number of para-hydroxylation sites is 1. The number of nitrogens with zero attached hydrogens (tertiary/aromatic N) is 1. The molecule has 0 heterocycles. The first kappa shape index (κ1) is 8.89. The standard InChI is InChI=1S/C7H7N.C2H6/c1-8-7-5-3-2-4-6-7;1-2/h2-6H,1H2;1-2H3. The summed E-state index contributed by atoms with van der Waals surface area (Å²) in [7, 11) is 0. The highest BCUT2D eigenvalue weighted by atomic mass is 14.7. The Hall–Kier alpha value is -1.11. The third-order valence-electron chi connectivity index (χ3n) is 0.939. The van der Waals surface area contributed by atoms with Crippen LogP contribution in [-0.2, 0) is 0 Å². The fourth-order valence-corrected chi connectivity index (χ4v) is 0.533. The molecule has 1 rings (SSSR count). The number of hydrogen-bond donors (Lipinski definition) is 0. The van der Waals surface area contributed by atoms with Gasteiger partial charge in [0.05, 0.1) is 5.69 Å². The predicted molar refractivity (Wildman–Crippen MR) is 47.0 cm³/mol. The van der Waals surface area contributed by atoms with Gasteiger partial charge < -0.3 is 0 Å². The van der Waals surface area contributed by atoms with Crippen LogP contribution in [-0.4, -0.2) is 6.72 Å². The topological polar surface area (TPSA) is 12.4 Å². The molecule has 0 saturated carbocycles. The van der Waals surface area contributed by atoms with Crippen LogP contribution in [0.1, 0.15) is 13.8 Å². The molecular weight excluding hydrogens is 122 g/mol. The molecule has 1 nitrogen and oxygen atoms in total. The maximum absolute atomic E-state index is 3.72. The van der Waals surface area contributed by atoms with Gasteiger partial charge in [0.15, 0.2) is 0 Å². The molecule has 10 heavy (non-hydrogen) atoms. The van der Waals surface area contributed by atoms with E-state index in [0.717, 1.165) is 5.69 Å². The molecule has 0 atom stereocenters. The Morgan fingerprint density at radius 2 is 1.60 bits per heavy atom. The Morgan fingerprint density at radius 1 is 1.10 bits per heavy atom. The lowest BCUT2D eigenvalue weighted by atomic mass is 10.3. The van der Waals surface area contributed by atoms with Gasteiger partial charge in [-0.25, -0.2) is 0 Å². The van der Waals surface area contributed by atoms with Crippen LogP contribution in [0.3, 0.4) is 0 Å². The predicted octanol–water partition coefficient (Wildman–Crippen LogP) is 3.04. The van der Waals surface area contributed by atoms with Crippen LogP contribution in [0, 0.1) is 0 Å². The minimum atomic E-state index is 0.924. The molecule has 1 aromatic rings. The lowest BCUT2D eigenvalue weighted by molar-refractivity contribution is 1.50. The van der Waals surface area contributed by atoms with Crippen LogP contribution in [0.5, 0.6) is 0 Å². The van der Waals surface area contributed by atoms with Crippen LogP contribution in [0.4, 0.5) is 5.69 Å². The van der Waals surface area contributed by atoms with E-state index in [1.807, 2.05) is 44.2 Å². The lowest BCUT2D eigenvalue weighted by Gasteiger charge is -1.84. The Kier molecular flexibility index (Phi) is 5.35. The van der Waals surface area contributed by atoms with Crippen molar-refractivity contribution in [3.63, 3.8) is 0 Å². The number of benzene rings is 1. The molecule has 0 bridgehead atoms. The zero-order valence-electron chi connectivity index (χ0n) is 6.54. The second-order valence-corrected chi connectivity index (χ2v) is 1.49. The smallest absolute Gasteiger partial charge is 0.0622 e. The van der Waals surface area contributed by atoms with E-state index >= 15 is 0 Å². The van der Waals surface area contributed by atoms with Crippen molar-refractivity contribution in [2.45, 2.75) is 13.8 Å². The minimum Gasteiger partial charge on any atom is -0.265 e. The molecule has 0 radical (unpaired) electrons. The van der Waals surface area contributed by atoms with Gasteiger partial charge in [0.2, 0.25) is 0 Å². The summed E-state index contributed by atoms with van der Waals surface area (Å²) in [4.78, 5) is 3.72. The zero-order valence-corrected chi connectivity index (χ0v) is 6.54. The van der Waals surface area contributed by atoms with Gasteiger partial charge >= 0.3 is 0 Å². The first-order chi connectivity index (χ1) is 4.93. The average Bonchev–Trinajstić information content (AvgIpc) is 2.10. The zero-order chi connectivity index (χ0) is 7.82. The van der Waals surface area contributed by atoms with Crippen molar-refractivity contribution in [3.8, 4) is 0 Å². The lowest BCUT2D eigenvalue weighted by Crippen LogP contribution is -1.57. The third kappa shape index (κ3) is 3.02. The summed E-state index contributed by atoms with van der Waals surface area (Å²) in [6.45, 7) is 7.38. The summed E-state index contributed by atoms with van der Waals surface area (Å²) in [6, 6.07) is 9.64. The van der Waals surface area contributed by atoms with E-state index < -0.39 is 0 Å². The molecule has 0 N–H and O–H groups in total. The van der Waals surface area contributed by atoms with Gasteiger partial charge in [-0.3, -0.25) is 4.99 Å². The second-order valence-electron chi connectivity index (χ2n) is 1.49. The van der Waals surface area contributed by atoms with Gasteiger partial charge in [-0.2, -0.15) is 0 Å². The quantitative estimate of drug-likeness (QED) is 0.525. The van der Waals surface area contributed by atoms with Crippen LogP contribution >= 0.6 is 0 Å². The van der Waals surface area contributed by atoms with Crippen molar-refractivity contribution in [2.75, 3.05) is 0 Å². The van der Waals surface area contributed by atoms with Crippen molar-refractivity contribution in [1.82, 2.24) is 0 Å². The molecular formula is C9H13N. The van der Waals surface area contributed by atoms with E-state index in [2.05, 4.69) is 11.7 Å². The number of rotatable bonds is 1. The highest BCUT2D eigenvalue weighted by Crippen LogP contribution is 2.06. The minimum absolute atomic E-state index is 0.924. The molecule has 0 aliphatic heterocycles. The number of aliphatic imine (C=N–C) groups is 1. The monoisotopic (exact) mass is 135 g/mol. The summed E-state index contributed by atoms with van der Waals surface area (Å²) >= 11 is 0. The maximum atomic E-state index is 3.72. The SMILES string of the molecule is C=Nc1ccccc1.CC. The van der Waals surface area contributed by atoms with Crippen molar-refractivity contribution in [3.05, 3.63) is 30.3 Å². The van der Waals surface area contributed by atoms with Gasteiger partial charge in [-0.15, -0.1) is 0 Å². The molecule has 0 aliphatic carbocycles. The van der Waals surface area contributed by atoms with E-state index in [9.17, 15) is 0 Å². The molecule has 54 valence electrons. The Bertz CT molecular complexity index is 167. The van der Waals surface area contributed by atoms with Gasteiger partial charge in [-0.1, -0.05) is 32.0 Å². The fourth-order valence-electron chi connectivity index (χ4n) is 0.533. The van der Waals surface area contributed by atoms with Crippen molar-refractivity contribution in [1.29, 1.82) is 0 Å². The largest absolute Gasteiger partial charge is 0.265 e. The molecule has 0 unspecified atom stereocenters. The van der Waals surface area contributed by atoms with Gasteiger partial charge in [0.1, 0.15) is 0 Å². The van der Waals surface area contributed by atoms with E-state index in [4.69, 9.17) is 0 Å². The second kappa shape index (κ2) is 6.02. The molecule has 0 aliphatic rings. The first-order valence-corrected chi connectivity index (χ1v) is 3.45. The average molecular weight is 135 g/mol. The van der Waals surface area contributed by atoms with Gasteiger partial charge in [0, 0.05) is 0 Å². The molecule has 1 aromatic carbocycles. The first-order valence-electron chi connectivity index (χ1n) is 3.45. The summed E-state index contributed by atoms with van der Waals surface area (Å²) in [5.41, 5.74) is 0.924. The van der Waals surface area contributed by atoms with Crippen molar-refractivity contribution < 1.29 is 0 Å². The summed E-state index contributed by atoms with van der Waals surface area (Å²) in [6.07, 6.45) is 0. The van der Waals surface area contributed by atoms with E-state index in [-0.39, 0.29) is 0 Å². The summed E-state index contributed by atoms with van der Waals surface area (Å²) in [5, 5.41) is 0. The fraction of sp³-hybridized carbons (Fsp3) is 0.222. The Morgan fingerprint density at radius 3 is 1.90 bits per heavy atom. The van der Waals surface area contributed by atoms with Crippen molar-refractivity contribution >= 4 is 12.4 Å². The maximum Gasteiger partial charge on any atom is 0.0622 e. The molecule has 0 amide bonds. The molecule has 0 aromatic heterocycles. The summed E-state index contributed by atoms with van der Waals surface area (Å²) < 4.78 is 0. The van der Waals surface area contributed by atoms with Crippen LogP contribution in [0.2, 0.25) is 0 Å².